The zero-order chi connectivity index (χ0) is 13.7. The molecular formula is C15H14FNOS. The summed E-state index contributed by atoms with van der Waals surface area (Å²) in [5.41, 5.74) is 3.16. The van der Waals surface area contributed by atoms with Crippen molar-refractivity contribution in [2.75, 3.05) is 0 Å². The van der Waals surface area contributed by atoms with E-state index >= 15 is 0 Å². The van der Waals surface area contributed by atoms with Gasteiger partial charge in [-0.25, -0.2) is 4.39 Å². The second kappa shape index (κ2) is 6.48. The monoisotopic (exact) mass is 275 g/mol. The third kappa shape index (κ3) is 4.18. The lowest BCUT2D eigenvalue weighted by Gasteiger charge is -1.97. The number of benzene rings is 1. The maximum atomic E-state index is 12.8. The molecule has 0 aliphatic heterocycles. The summed E-state index contributed by atoms with van der Waals surface area (Å²) in [6, 6.07) is 10.3. The van der Waals surface area contributed by atoms with Gasteiger partial charge in [0, 0.05) is 11.3 Å². The maximum Gasteiger partial charge on any atom is 0.123 e. The van der Waals surface area contributed by atoms with Gasteiger partial charge in [0.05, 0.1) is 10.9 Å². The summed E-state index contributed by atoms with van der Waals surface area (Å²) in [5, 5.41) is 8.66. The number of hydrogen-bond acceptors (Lipinski definition) is 3. The Bertz CT molecular complexity index is 595. The third-order valence-corrected chi connectivity index (χ3v) is 3.56. The van der Waals surface area contributed by atoms with Crippen LogP contribution in [0.15, 0.2) is 36.4 Å². The van der Waals surface area contributed by atoms with Gasteiger partial charge in [0.2, 0.25) is 0 Å². The first kappa shape index (κ1) is 13.8. The molecule has 19 heavy (non-hydrogen) atoms. The van der Waals surface area contributed by atoms with Gasteiger partial charge in [-0.3, -0.25) is 0 Å². The minimum Gasteiger partial charge on any atom is -0.316 e. The molecule has 1 heterocycles. The van der Waals surface area contributed by atoms with Crippen molar-refractivity contribution in [3.63, 3.8) is 0 Å². The topological polar surface area (TPSA) is 32.3 Å². The summed E-state index contributed by atoms with van der Waals surface area (Å²) in [6.07, 6.45) is 0.778. The van der Waals surface area contributed by atoms with Crippen LogP contribution in [-0.4, -0.2) is 11.2 Å². The van der Waals surface area contributed by atoms with Crippen molar-refractivity contribution < 1.29 is 9.60 Å². The van der Waals surface area contributed by atoms with Gasteiger partial charge in [-0.15, -0.1) is 11.3 Å². The highest BCUT2D eigenvalue weighted by atomic mass is 32.1. The van der Waals surface area contributed by atoms with Crippen molar-refractivity contribution in [3.8, 4) is 11.8 Å². The lowest BCUT2D eigenvalue weighted by Crippen LogP contribution is -2.19. The van der Waals surface area contributed by atoms with E-state index in [-0.39, 0.29) is 11.9 Å². The molecule has 98 valence electrons. The van der Waals surface area contributed by atoms with Crippen LogP contribution in [0.1, 0.15) is 22.2 Å². The maximum absolute atomic E-state index is 12.8. The molecule has 2 aromatic rings. The second-order valence-electron chi connectivity index (χ2n) is 4.19. The van der Waals surface area contributed by atoms with Crippen LogP contribution >= 0.6 is 11.3 Å². The van der Waals surface area contributed by atoms with E-state index < -0.39 is 0 Å². The second-order valence-corrected chi connectivity index (χ2v) is 5.36. The van der Waals surface area contributed by atoms with Crippen LogP contribution in [0.3, 0.4) is 0 Å². The summed E-state index contributed by atoms with van der Waals surface area (Å²) in [4.78, 5) is 2.14. The number of hydroxylamine groups is 1. The summed E-state index contributed by atoms with van der Waals surface area (Å²) in [6.45, 7) is 1.78. The molecule has 0 amide bonds. The van der Waals surface area contributed by atoms with Crippen molar-refractivity contribution in [2.45, 2.75) is 19.4 Å². The summed E-state index contributed by atoms with van der Waals surface area (Å²) in [7, 11) is 0. The van der Waals surface area contributed by atoms with Crippen LogP contribution < -0.4 is 5.48 Å². The van der Waals surface area contributed by atoms with Crippen LogP contribution in [0.4, 0.5) is 4.39 Å². The van der Waals surface area contributed by atoms with Crippen molar-refractivity contribution in [2.24, 2.45) is 0 Å². The average Bonchev–Trinajstić information content (AvgIpc) is 2.86. The Balaban J connectivity index is 2.04. The van der Waals surface area contributed by atoms with Crippen LogP contribution in [0.25, 0.3) is 0 Å². The van der Waals surface area contributed by atoms with Crippen molar-refractivity contribution in [1.29, 1.82) is 0 Å². The first-order valence-corrected chi connectivity index (χ1v) is 6.73. The third-order valence-electron chi connectivity index (χ3n) is 2.56. The molecule has 0 fully saturated rings. The fourth-order valence-electron chi connectivity index (χ4n) is 1.56. The SMILES string of the molecule is CC(C#Cc1ccc(Cc2ccc(F)cc2)s1)NO. The summed E-state index contributed by atoms with van der Waals surface area (Å²) in [5.74, 6) is 5.66. The lowest BCUT2D eigenvalue weighted by atomic mass is 10.1. The Morgan fingerprint density at radius 1 is 1.26 bits per heavy atom. The van der Waals surface area contributed by atoms with Gasteiger partial charge in [-0.05, 0) is 36.8 Å². The number of hydrogen-bond donors (Lipinski definition) is 2. The van der Waals surface area contributed by atoms with E-state index in [1.165, 1.54) is 17.0 Å². The Labute approximate surface area is 115 Å². The van der Waals surface area contributed by atoms with Crippen molar-refractivity contribution >= 4 is 11.3 Å². The van der Waals surface area contributed by atoms with Crippen LogP contribution in [0.2, 0.25) is 0 Å². The molecule has 0 spiro atoms. The van der Waals surface area contributed by atoms with E-state index in [0.717, 1.165) is 16.9 Å². The van der Waals surface area contributed by atoms with E-state index in [0.29, 0.717) is 0 Å². The highest BCUT2D eigenvalue weighted by molar-refractivity contribution is 7.12. The van der Waals surface area contributed by atoms with E-state index in [1.807, 2.05) is 12.1 Å². The first-order valence-electron chi connectivity index (χ1n) is 5.91. The first-order chi connectivity index (χ1) is 9.17. The molecule has 0 aliphatic rings. The van der Waals surface area contributed by atoms with Gasteiger partial charge in [-0.2, -0.15) is 5.48 Å². The smallest absolute Gasteiger partial charge is 0.123 e. The van der Waals surface area contributed by atoms with Gasteiger partial charge in [-0.1, -0.05) is 24.0 Å². The predicted octanol–water partition coefficient (Wildman–Crippen LogP) is 3.20. The molecule has 0 radical (unpaired) electrons. The standard InChI is InChI=1S/C15H14FNOS/c1-11(17-18)2-7-14-8-9-15(19-14)10-12-3-5-13(16)6-4-12/h3-6,8-9,11,17-18H,10H2,1H3. The largest absolute Gasteiger partial charge is 0.316 e. The number of rotatable bonds is 3. The van der Waals surface area contributed by atoms with Gasteiger partial charge < -0.3 is 5.21 Å². The fraction of sp³-hybridized carbons (Fsp3) is 0.200. The number of halogens is 1. The van der Waals surface area contributed by atoms with E-state index in [1.54, 1.807) is 30.4 Å². The van der Waals surface area contributed by atoms with Gasteiger partial charge in [0.15, 0.2) is 0 Å². The van der Waals surface area contributed by atoms with Crippen LogP contribution in [-0.2, 0) is 6.42 Å². The molecule has 1 aromatic carbocycles. The molecule has 0 saturated heterocycles. The van der Waals surface area contributed by atoms with Gasteiger partial charge in [0.25, 0.3) is 0 Å². The Hall–Kier alpha value is -1.67. The average molecular weight is 275 g/mol. The molecule has 2 N–H and O–H groups in total. The summed E-state index contributed by atoms with van der Waals surface area (Å²) >= 11 is 1.61. The number of thiophene rings is 1. The molecule has 1 unspecified atom stereocenters. The summed E-state index contributed by atoms with van der Waals surface area (Å²) < 4.78 is 12.8. The Morgan fingerprint density at radius 2 is 2.00 bits per heavy atom. The lowest BCUT2D eigenvalue weighted by molar-refractivity contribution is 0.152. The zero-order valence-electron chi connectivity index (χ0n) is 10.5. The molecule has 0 bridgehead atoms. The van der Waals surface area contributed by atoms with Crippen LogP contribution in [0, 0.1) is 17.7 Å². The van der Waals surface area contributed by atoms with Gasteiger partial charge in [0.1, 0.15) is 5.82 Å². The molecule has 1 aromatic heterocycles. The van der Waals surface area contributed by atoms with Crippen LogP contribution in [0.5, 0.6) is 0 Å². The van der Waals surface area contributed by atoms with Crippen molar-refractivity contribution in [1.82, 2.24) is 5.48 Å². The molecule has 2 rings (SSSR count). The molecular weight excluding hydrogens is 261 g/mol. The normalized spacial score (nSPS) is 11.7. The molecule has 2 nitrogen and oxygen atoms in total. The molecule has 1 atom stereocenters. The predicted molar refractivity (Wildman–Crippen MR) is 74.8 cm³/mol. The number of nitrogens with one attached hydrogen (secondary N) is 1. The fourth-order valence-corrected chi connectivity index (χ4v) is 2.46. The Kier molecular flexibility index (Phi) is 4.69. The van der Waals surface area contributed by atoms with Gasteiger partial charge >= 0.3 is 0 Å². The van der Waals surface area contributed by atoms with Crippen molar-refractivity contribution in [3.05, 3.63) is 57.5 Å². The van der Waals surface area contributed by atoms with E-state index in [9.17, 15) is 4.39 Å². The quantitative estimate of drug-likeness (QED) is 0.666. The zero-order valence-corrected chi connectivity index (χ0v) is 11.3. The van der Waals surface area contributed by atoms with E-state index in [2.05, 4.69) is 17.3 Å². The molecule has 0 aliphatic carbocycles. The Morgan fingerprint density at radius 3 is 2.68 bits per heavy atom. The minimum absolute atomic E-state index is 0.216. The highest BCUT2D eigenvalue weighted by Gasteiger charge is 2.01. The minimum atomic E-state index is -0.248. The molecule has 0 saturated carbocycles. The van der Waals surface area contributed by atoms with E-state index in [4.69, 9.17) is 5.21 Å². The molecule has 4 heteroatoms. The highest BCUT2D eigenvalue weighted by Crippen LogP contribution is 2.19.